The number of carbonyl (C=O) groups excluding carboxylic acids is 1. The molecule has 1 fully saturated rings. The normalized spacial score (nSPS) is 19.8. The fourth-order valence-electron chi connectivity index (χ4n) is 2.93. The largest absolute Gasteiger partial charge is 0.469 e. The van der Waals surface area contributed by atoms with Gasteiger partial charge in [-0.1, -0.05) is 6.07 Å². The molecule has 3 rings (SSSR count). The standard InChI is InChI=1S/C17H18BrN3O2S2/c1-23-14(22)6-4-8-21-16(13-9-11(18)10-25-13)15(20-17(21)24)12-5-2-3-7-19-12/h2-3,5,7,9-10,15-16H,4,6,8H2,1H3,(H,20,24)/t15-,16+/m0/s1. The molecule has 3 heterocycles. The number of esters is 1. The summed E-state index contributed by atoms with van der Waals surface area (Å²) in [6, 6.07) is 8.05. The van der Waals surface area contributed by atoms with Crippen LogP contribution in [0.5, 0.6) is 0 Å². The van der Waals surface area contributed by atoms with Crippen LogP contribution in [0.15, 0.2) is 40.3 Å². The highest BCUT2D eigenvalue weighted by atomic mass is 79.9. The van der Waals surface area contributed by atoms with Gasteiger partial charge in [0.2, 0.25) is 0 Å². The van der Waals surface area contributed by atoms with Gasteiger partial charge in [-0.15, -0.1) is 11.3 Å². The van der Waals surface area contributed by atoms with Gasteiger partial charge in [0.1, 0.15) is 0 Å². The zero-order valence-corrected chi connectivity index (χ0v) is 16.9. The number of hydrogen-bond acceptors (Lipinski definition) is 5. The van der Waals surface area contributed by atoms with Crippen molar-refractivity contribution >= 4 is 50.6 Å². The number of pyridine rings is 1. The van der Waals surface area contributed by atoms with Crippen LogP contribution < -0.4 is 5.32 Å². The van der Waals surface area contributed by atoms with Gasteiger partial charge in [0, 0.05) is 33.9 Å². The number of hydrogen-bond donors (Lipinski definition) is 1. The van der Waals surface area contributed by atoms with Crippen molar-refractivity contribution in [3.63, 3.8) is 0 Å². The summed E-state index contributed by atoms with van der Waals surface area (Å²) in [7, 11) is 1.41. The first-order chi connectivity index (χ1) is 12.1. The maximum Gasteiger partial charge on any atom is 0.305 e. The molecular formula is C17H18BrN3O2S2. The molecule has 2 aromatic rings. The third-order valence-electron chi connectivity index (χ3n) is 4.08. The van der Waals surface area contributed by atoms with Crippen LogP contribution in [0.25, 0.3) is 0 Å². The molecule has 132 valence electrons. The smallest absolute Gasteiger partial charge is 0.305 e. The van der Waals surface area contributed by atoms with Crippen molar-refractivity contribution in [2.45, 2.75) is 24.9 Å². The number of methoxy groups -OCH3 is 1. The van der Waals surface area contributed by atoms with Crippen LogP contribution in [0.3, 0.4) is 0 Å². The van der Waals surface area contributed by atoms with E-state index in [9.17, 15) is 4.79 Å². The van der Waals surface area contributed by atoms with E-state index in [1.165, 1.54) is 12.0 Å². The predicted molar refractivity (Wildman–Crippen MR) is 105 cm³/mol. The predicted octanol–water partition coefficient (Wildman–Crippen LogP) is 3.83. The molecule has 1 aliphatic heterocycles. The van der Waals surface area contributed by atoms with Crippen molar-refractivity contribution < 1.29 is 9.53 Å². The number of thiophene rings is 1. The molecule has 0 radical (unpaired) electrons. The Balaban J connectivity index is 1.85. The summed E-state index contributed by atoms with van der Waals surface area (Å²) < 4.78 is 5.78. The number of carbonyl (C=O) groups is 1. The van der Waals surface area contributed by atoms with E-state index >= 15 is 0 Å². The molecule has 0 saturated carbocycles. The summed E-state index contributed by atoms with van der Waals surface area (Å²) in [4.78, 5) is 19.3. The lowest BCUT2D eigenvalue weighted by Crippen LogP contribution is -2.30. The maximum atomic E-state index is 11.4. The molecule has 0 aliphatic carbocycles. The molecular weight excluding hydrogens is 422 g/mol. The van der Waals surface area contributed by atoms with Crippen molar-refractivity contribution in [2.24, 2.45) is 0 Å². The Bertz CT molecular complexity index is 753. The van der Waals surface area contributed by atoms with Crippen molar-refractivity contribution in [2.75, 3.05) is 13.7 Å². The summed E-state index contributed by atoms with van der Waals surface area (Å²) in [5.74, 6) is -0.199. The van der Waals surface area contributed by atoms with Crippen LogP contribution in [0.1, 0.15) is 35.5 Å². The van der Waals surface area contributed by atoms with Gasteiger partial charge in [-0.05, 0) is 52.8 Å². The van der Waals surface area contributed by atoms with E-state index in [1.807, 2.05) is 18.2 Å². The Kier molecular flexibility index (Phi) is 6.03. The van der Waals surface area contributed by atoms with E-state index in [4.69, 9.17) is 17.0 Å². The lowest BCUT2D eigenvalue weighted by Gasteiger charge is -2.26. The summed E-state index contributed by atoms with van der Waals surface area (Å²) in [6.07, 6.45) is 2.86. The average Bonchev–Trinajstić information content (AvgIpc) is 3.19. The average molecular weight is 440 g/mol. The van der Waals surface area contributed by atoms with Gasteiger partial charge < -0.3 is 15.0 Å². The molecule has 0 amide bonds. The monoisotopic (exact) mass is 439 g/mol. The number of halogens is 1. The Labute approximate surface area is 164 Å². The fourth-order valence-corrected chi connectivity index (χ4v) is 4.86. The van der Waals surface area contributed by atoms with Gasteiger partial charge >= 0.3 is 5.97 Å². The van der Waals surface area contributed by atoms with Gasteiger partial charge in [0.25, 0.3) is 0 Å². The highest BCUT2D eigenvalue weighted by Gasteiger charge is 2.40. The van der Waals surface area contributed by atoms with Crippen molar-refractivity contribution in [3.8, 4) is 0 Å². The molecule has 0 bridgehead atoms. The minimum atomic E-state index is -0.199. The molecule has 1 saturated heterocycles. The Hall–Kier alpha value is -1.51. The number of nitrogens with zero attached hydrogens (tertiary/aromatic N) is 2. The number of rotatable bonds is 6. The van der Waals surface area contributed by atoms with E-state index in [-0.39, 0.29) is 18.1 Å². The summed E-state index contributed by atoms with van der Waals surface area (Å²) in [6.45, 7) is 0.685. The zero-order valence-electron chi connectivity index (χ0n) is 13.6. The molecule has 2 aromatic heterocycles. The third-order valence-corrected chi connectivity index (χ3v) is 6.20. The third kappa shape index (κ3) is 4.19. The fraction of sp³-hybridized carbons (Fsp3) is 0.353. The molecule has 8 heteroatoms. The first kappa shape index (κ1) is 18.3. The second kappa shape index (κ2) is 8.25. The number of thiocarbonyl (C=S) groups is 1. The Morgan fingerprint density at radius 1 is 1.52 bits per heavy atom. The lowest BCUT2D eigenvalue weighted by atomic mass is 10.0. The summed E-state index contributed by atoms with van der Waals surface area (Å²) in [5.41, 5.74) is 0.954. The quantitative estimate of drug-likeness (QED) is 0.545. The van der Waals surface area contributed by atoms with Gasteiger partial charge in [-0.25, -0.2) is 0 Å². The molecule has 1 aliphatic rings. The minimum absolute atomic E-state index is 0.0163. The van der Waals surface area contributed by atoms with Crippen LogP contribution in [-0.2, 0) is 9.53 Å². The van der Waals surface area contributed by atoms with Gasteiger partial charge in [-0.3, -0.25) is 9.78 Å². The number of ether oxygens (including phenoxy) is 1. The molecule has 5 nitrogen and oxygen atoms in total. The van der Waals surface area contributed by atoms with Gasteiger partial charge in [0.05, 0.1) is 24.9 Å². The zero-order chi connectivity index (χ0) is 17.8. The highest BCUT2D eigenvalue weighted by molar-refractivity contribution is 9.10. The van der Waals surface area contributed by atoms with Crippen molar-refractivity contribution in [1.82, 2.24) is 15.2 Å². The topological polar surface area (TPSA) is 54.5 Å². The van der Waals surface area contributed by atoms with E-state index < -0.39 is 0 Å². The molecule has 0 spiro atoms. The van der Waals surface area contributed by atoms with Gasteiger partial charge in [0.15, 0.2) is 5.11 Å². The van der Waals surface area contributed by atoms with Crippen LogP contribution >= 0.6 is 39.5 Å². The highest BCUT2D eigenvalue weighted by Crippen LogP contribution is 2.41. The first-order valence-corrected chi connectivity index (χ1v) is 9.97. The molecule has 25 heavy (non-hydrogen) atoms. The molecule has 0 unspecified atom stereocenters. The van der Waals surface area contributed by atoms with Crippen LogP contribution in [0.2, 0.25) is 0 Å². The van der Waals surface area contributed by atoms with E-state index in [0.717, 1.165) is 10.2 Å². The second-order valence-electron chi connectivity index (χ2n) is 5.67. The molecule has 0 aromatic carbocycles. The molecule has 2 atom stereocenters. The summed E-state index contributed by atoms with van der Waals surface area (Å²) in [5, 5.41) is 6.16. The van der Waals surface area contributed by atoms with Crippen LogP contribution in [0.4, 0.5) is 0 Å². The SMILES string of the molecule is COC(=O)CCCN1C(=S)N[C@@H](c2ccccn2)[C@H]1c1cc(Br)cs1. The number of nitrogens with one attached hydrogen (secondary N) is 1. The van der Waals surface area contributed by atoms with Crippen molar-refractivity contribution in [3.05, 3.63) is 50.9 Å². The maximum absolute atomic E-state index is 11.4. The minimum Gasteiger partial charge on any atom is -0.469 e. The summed E-state index contributed by atoms with van der Waals surface area (Å²) >= 11 is 10.8. The lowest BCUT2D eigenvalue weighted by molar-refractivity contribution is -0.140. The van der Waals surface area contributed by atoms with E-state index in [2.05, 4.69) is 42.6 Å². The van der Waals surface area contributed by atoms with Crippen molar-refractivity contribution in [1.29, 1.82) is 0 Å². The number of aromatic nitrogens is 1. The second-order valence-corrected chi connectivity index (χ2v) is 7.91. The Morgan fingerprint density at radius 2 is 2.36 bits per heavy atom. The van der Waals surface area contributed by atoms with Crippen LogP contribution in [-0.4, -0.2) is 34.6 Å². The van der Waals surface area contributed by atoms with E-state index in [0.29, 0.717) is 24.5 Å². The van der Waals surface area contributed by atoms with Crippen LogP contribution in [0, 0.1) is 0 Å². The van der Waals surface area contributed by atoms with Gasteiger partial charge in [-0.2, -0.15) is 0 Å². The first-order valence-electron chi connectivity index (χ1n) is 7.89. The Morgan fingerprint density at radius 3 is 3.00 bits per heavy atom. The molecule has 1 N–H and O–H groups in total. The van der Waals surface area contributed by atoms with E-state index in [1.54, 1.807) is 17.5 Å².